The minimum absolute atomic E-state index is 0.00101. The Morgan fingerprint density at radius 2 is 1.89 bits per heavy atom. The number of hydrogen-bond donors (Lipinski definition) is 2. The summed E-state index contributed by atoms with van der Waals surface area (Å²) in [5, 5.41) is 12.5. The molecule has 0 unspecified atom stereocenters. The monoisotopic (exact) mass is 319 g/mol. The van der Waals surface area contributed by atoms with Gasteiger partial charge in [0, 0.05) is 11.0 Å². The number of phenolic OH excluding ortho intramolecular Hbond substituents is 1. The second-order valence-electron chi connectivity index (χ2n) is 4.33. The van der Waals surface area contributed by atoms with Gasteiger partial charge in [-0.3, -0.25) is 4.79 Å². The molecule has 2 aromatic rings. The topological polar surface area (TPSA) is 49.3 Å². The van der Waals surface area contributed by atoms with E-state index in [0.717, 1.165) is 15.6 Å². The predicted octanol–water partition coefficient (Wildman–Crippen LogP) is 3.39. The molecule has 3 nitrogen and oxygen atoms in total. The van der Waals surface area contributed by atoms with Crippen LogP contribution in [0.4, 0.5) is 0 Å². The van der Waals surface area contributed by atoms with Crippen molar-refractivity contribution in [2.45, 2.75) is 13.5 Å². The molecule has 0 saturated carbocycles. The summed E-state index contributed by atoms with van der Waals surface area (Å²) in [6, 6.07) is 12.7. The predicted molar refractivity (Wildman–Crippen MR) is 78.2 cm³/mol. The first-order chi connectivity index (χ1) is 9.06. The Kier molecular flexibility index (Phi) is 4.22. The summed E-state index contributed by atoms with van der Waals surface area (Å²) in [6.07, 6.45) is 0. The van der Waals surface area contributed by atoms with E-state index in [-0.39, 0.29) is 11.7 Å². The Balaban J connectivity index is 2.05. The lowest BCUT2D eigenvalue weighted by Gasteiger charge is -2.08. The molecule has 0 fully saturated rings. The van der Waals surface area contributed by atoms with Crippen LogP contribution in [0.25, 0.3) is 0 Å². The molecule has 0 radical (unpaired) electrons. The molecule has 0 aliphatic rings. The van der Waals surface area contributed by atoms with E-state index in [4.69, 9.17) is 0 Å². The zero-order valence-corrected chi connectivity index (χ0v) is 12.1. The van der Waals surface area contributed by atoms with Crippen LogP contribution in [0.5, 0.6) is 5.75 Å². The number of aromatic hydroxyl groups is 1. The number of carbonyl (C=O) groups excluding carboxylic acids is 1. The molecular formula is C15H14BrNO2. The van der Waals surface area contributed by atoms with Gasteiger partial charge in [-0.05, 0) is 36.8 Å². The van der Waals surface area contributed by atoms with E-state index in [1.165, 1.54) is 6.07 Å². The Bertz CT molecular complexity index is 594. The third kappa shape index (κ3) is 3.58. The fourth-order valence-corrected chi connectivity index (χ4v) is 1.98. The van der Waals surface area contributed by atoms with Crippen LogP contribution in [0.2, 0.25) is 0 Å². The molecular weight excluding hydrogens is 306 g/mol. The van der Waals surface area contributed by atoms with E-state index < -0.39 is 0 Å². The Morgan fingerprint density at radius 3 is 2.58 bits per heavy atom. The maximum absolute atomic E-state index is 12.0. The van der Waals surface area contributed by atoms with Crippen LogP contribution < -0.4 is 5.32 Å². The first-order valence-corrected chi connectivity index (χ1v) is 6.68. The van der Waals surface area contributed by atoms with Crippen molar-refractivity contribution >= 4 is 21.8 Å². The zero-order valence-electron chi connectivity index (χ0n) is 10.5. The molecule has 0 bridgehead atoms. The SMILES string of the molecule is Cc1ccc(O)c(C(=O)NCc2ccc(Br)cc2)c1. The molecule has 98 valence electrons. The lowest BCUT2D eigenvalue weighted by Crippen LogP contribution is -2.22. The van der Waals surface area contributed by atoms with E-state index in [1.54, 1.807) is 12.1 Å². The molecule has 0 aliphatic carbocycles. The van der Waals surface area contributed by atoms with Gasteiger partial charge in [0.1, 0.15) is 5.75 Å². The van der Waals surface area contributed by atoms with Crippen molar-refractivity contribution in [1.29, 1.82) is 0 Å². The second-order valence-corrected chi connectivity index (χ2v) is 5.25. The molecule has 2 aromatic carbocycles. The summed E-state index contributed by atoms with van der Waals surface area (Å²) in [5.74, 6) is -0.275. The van der Waals surface area contributed by atoms with Gasteiger partial charge in [0.15, 0.2) is 0 Å². The molecule has 1 amide bonds. The summed E-state index contributed by atoms with van der Waals surface area (Å²) >= 11 is 3.36. The minimum Gasteiger partial charge on any atom is -0.507 e. The maximum atomic E-state index is 12.0. The van der Waals surface area contributed by atoms with Crippen LogP contribution in [-0.2, 0) is 6.54 Å². The molecule has 2 rings (SSSR count). The Labute approximate surface area is 120 Å². The van der Waals surface area contributed by atoms with Crippen LogP contribution >= 0.6 is 15.9 Å². The highest BCUT2D eigenvalue weighted by atomic mass is 79.9. The van der Waals surface area contributed by atoms with Crippen LogP contribution in [0.3, 0.4) is 0 Å². The highest BCUT2D eigenvalue weighted by Gasteiger charge is 2.10. The van der Waals surface area contributed by atoms with E-state index >= 15 is 0 Å². The molecule has 0 atom stereocenters. The van der Waals surface area contributed by atoms with Crippen molar-refractivity contribution < 1.29 is 9.90 Å². The number of phenols is 1. The number of hydrogen-bond acceptors (Lipinski definition) is 2. The fourth-order valence-electron chi connectivity index (χ4n) is 1.71. The number of halogens is 1. The lowest BCUT2D eigenvalue weighted by molar-refractivity contribution is 0.0948. The molecule has 2 N–H and O–H groups in total. The first kappa shape index (κ1) is 13.6. The highest BCUT2D eigenvalue weighted by molar-refractivity contribution is 9.10. The van der Waals surface area contributed by atoms with Crippen molar-refractivity contribution in [1.82, 2.24) is 5.32 Å². The van der Waals surface area contributed by atoms with E-state index in [9.17, 15) is 9.90 Å². The van der Waals surface area contributed by atoms with Crippen molar-refractivity contribution in [3.8, 4) is 5.75 Å². The average Bonchev–Trinajstić information content (AvgIpc) is 2.40. The fraction of sp³-hybridized carbons (Fsp3) is 0.133. The van der Waals surface area contributed by atoms with Crippen molar-refractivity contribution in [2.75, 3.05) is 0 Å². The summed E-state index contributed by atoms with van der Waals surface area (Å²) < 4.78 is 0.999. The summed E-state index contributed by atoms with van der Waals surface area (Å²) in [5.41, 5.74) is 2.24. The highest BCUT2D eigenvalue weighted by Crippen LogP contribution is 2.18. The van der Waals surface area contributed by atoms with Crippen LogP contribution in [-0.4, -0.2) is 11.0 Å². The quantitative estimate of drug-likeness (QED) is 0.911. The average molecular weight is 320 g/mol. The largest absolute Gasteiger partial charge is 0.507 e. The third-order valence-corrected chi connectivity index (χ3v) is 3.29. The van der Waals surface area contributed by atoms with Gasteiger partial charge in [-0.25, -0.2) is 0 Å². The van der Waals surface area contributed by atoms with Crippen molar-refractivity contribution in [3.63, 3.8) is 0 Å². The van der Waals surface area contributed by atoms with Gasteiger partial charge in [0.05, 0.1) is 5.56 Å². The summed E-state index contributed by atoms with van der Waals surface area (Å²) in [4.78, 5) is 12.0. The maximum Gasteiger partial charge on any atom is 0.255 e. The van der Waals surface area contributed by atoms with Crippen molar-refractivity contribution in [2.24, 2.45) is 0 Å². The summed E-state index contributed by atoms with van der Waals surface area (Å²) in [7, 11) is 0. The number of carbonyl (C=O) groups is 1. The van der Waals surface area contributed by atoms with E-state index in [2.05, 4.69) is 21.2 Å². The Hall–Kier alpha value is -1.81. The van der Waals surface area contributed by atoms with Crippen LogP contribution in [0.1, 0.15) is 21.5 Å². The number of benzene rings is 2. The zero-order chi connectivity index (χ0) is 13.8. The second kappa shape index (κ2) is 5.89. The number of amides is 1. The molecule has 19 heavy (non-hydrogen) atoms. The van der Waals surface area contributed by atoms with E-state index in [0.29, 0.717) is 12.1 Å². The van der Waals surface area contributed by atoms with Gasteiger partial charge in [-0.2, -0.15) is 0 Å². The van der Waals surface area contributed by atoms with Gasteiger partial charge in [-0.15, -0.1) is 0 Å². The third-order valence-electron chi connectivity index (χ3n) is 2.76. The molecule has 0 spiro atoms. The Morgan fingerprint density at radius 1 is 1.21 bits per heavy atom. The smallest absolute Gasteiger partial charge is 0.255 e. The van der Waals surface area contributed by atoms with Gasteiger partial charge in [0.25, 0.3) is 5.91 Å². The van der Waals surface area contributed by atoms with Crippen LogP contribution in [0.15, 0.2) is 46.9 Å². The van der Waals surface area contributed by atoms with Crippen LogP contribution in [0, 0.1) is 6.92 Å². The van der Waals surface area contributed by atoms with Gasteiger partial charge in [-0.1, -0.05) is 39.7 Å². The molecule has 4 heteroatoms. The van der Waals surface area contributed by atoms with Gasteiger partial charge < -0.3 is 10.4 Å². The van der Waals surface area contributed by atoms with E-state index in [1.807, 2.05) is 31.2 Å². The normalized spacial score (nSPS) is 10.2. The van der Waals surface area contributed by atoms with Crippen molar-refractivity contribution in [3.05, 3.63) is 63.6 Å². The number of rotatable bonds is 3. The minimum atomic E-state index is -0.274. The summed E-state index contributed by atoms with van der Waals surface area (Å²) in [6.45, 7) is 2.31. The first-order valence-electron chi connectivity index (χ1n) is 5.88. The molecule has 0 aromatic heterocycles. The van der Waals surface area contributed by atoms with Gasteiger partial charge in [0.2, 0.25) is 0 Å². The number of nitrogens with one attached hydrogen (secondary N) is 1. The molecule has 0 aliphatic heterocycles. The van der Waals surface area contributed by atoms with Gasteiger partial charge >= 0.3 is 0 Å². The lowest BCUT2D eigenvalue weighted by atomic mass is 10.1. The molecule has 0 saturated heterocycles. The standard InChI is InChI=1S/C15H14BrNO2/c1-10-2-7-14(18)13(8-10)15(19)17-9-11-3-5-12(16)6-4-11/h2-8,18H,9H2,1H3,(H,17,19). The number of aryl methyl sites for hydroxylation is 1. The molecule has 0 heterocycles.